The summed E-state index contributed by atoms with van der Waals surface area (Å²) in [5, 5.41) is 7.40. The molecule has 1 fully saturated rings. The van der Waals surface area contributed by atoms with Gasteiger partial charge in [-0.25, -0.2) is 4.98 Å². The number of anilines is 2. The van der Waals surface area contributed by atoms with Crippen molar-refractivity contribution in [2.24, 2.45) is 0 Å². The summed E-state index contributed by atoms with van der Waals surface area (Å²) in [5.74, 6) is 2.31. The number of nitrogens with zero attached hydrogens (tertiary/aromatic N) is 5. The van der Waals surface area contributed by atoms with E-state index in [-0.39, 0.29) is 17.9 Å². The van der Waals surface area contributed by atoms with E-state index >= 15 is 0 Å². The normalized spacial score (nSPS) is 15.6. The van der Waals surface area contributed by atoms with Crippen LogP contribution in [0.3, 0.4) is 0 Å². The van der Waals surface area contributed by atoms with E-state index in [0.717, 1.165) is 31.7 Å². The van der Waals surface area contributed by atoms with Crippen LogP contribution in [0.15, 0.2) is 16.7 Å². The summed E-state index contributed by atoms with van der Waals surface area (Å²) in [6.07, 6.45) is 3.35. The number of likely N-dealkylation sites (tertiary alicyclic amines) is 1. The van der Waals surface area contributed by atoms with Crippen molar-refractivity contribution in [3.63, 3.8) is 0 Å². The van der Waals surface area contributed by atoms with Crippen molar-refractivity contribution in [2.75, 3.05) is 37.4 Å². The molecule has 2 aromatic heterocycles. The molecular weight excluding hydrogens is 356 g/mol. The van der Waals surface area contributed by atoms with Gasteiger partial charge in [-0.05, 0) is 26.2 Å². The molecule has 28 heavy (non-hydrogen) atoms. The molecule has 1 saturated heterocycles. The van der Waals surface area contributed by atoms with Gasteiger partial charge in [0, 0.05) is 45.2 Å². The number of piperidine rings is 1. The zero-order valence-electron chi connectivity index (χ0n) is 17.4. The third-order valence-electron chi connectivity index (χ3n) is 4.88. The number of hydrogen-bond donors (Lipinski definition) is 1. The van der Waals surface area contributed by atoms with Crippen molar-refractivity contribution >= 4 is 17.7 Å². The Morgan fingerprint density at radius 3 is 2.43 bits per heavy atom. The maximum absolute atomic E-state index is 12.7. The van der Waals surface area contributed by atoms with Gasteiger partial charge in [-0.2, -0.15) is 4.98 Å². The standard InChI is InChI=1S/C20H30N6O2/c1-13(2)17-11-16(24-28-17)15-12-18(23-20(22-15)25(4)5)21-14(3)19(27)26-9-7-6-8-10-26/h11-14H,6-10H2,1-5H3,(H,21,22,23)/t14-/m0/s1. The molecule has 1 aliphatic rings. The predicted molar refractivity (Wildman–Crippen MR) is 109 cm³/mol. The summed E-state index contributed by atoms with van der Waals surface area (Å²) in [5.41, 5.74) is 1.32. The first kappa shape index (κ1) is 20.1. The SMILES string of the molecule is CC(C)c1cc(-c2cc(N[C@@H](C)C(=O)N3CCCCC3)nc(N(C)C)n2)no1. The molecule has 1 N–H and O–H groups in total. The first-order valence-electron chi connectivity index (χ1n) is 9.94. The van der Waals surface area contributed by atoms with E-state index in [1.54, 1.807) is 0 Å². The van der Waals surface area contributed by atoms with E-state index in [1.165, 1.54) is 6.42 Å². The largest absolute Gasteiger partial charge is 0.360 e. The molecule has 1 aliphatic heterocycles. The maximum atomic E-state index is 12.7. The molecule has 0 bridgehead atoms. The molecule has 0 aliphatic carbocycles. The quantitative estimate of drug-likeness (QED) is 0.816. The summed E-state index contributed by atoms with van der Waals surface area (Å²) >= 11 is 0. The molecule has 3 rings (SSSR count). The van der Waals surface area contributed by atoms with Crippen LogP contribution in [0.2, 0.25) is 0 Å². The van der Waals surface area contributed by atoms with Gasteiger partial charge in [0.05, 0.1) is 5.69 Å². The molecule has 1 atom stereocenters. The van der Waals surface area contributed by atoms with Crippen LogP contribution in [-0.4, -0.2) is 59.2 Å². The fraction of sp³-hybridized carbons (Fsp3) is 0.600. The molecule has 0 saturated carbocycles. The Morgan fingerprint density at radius 1 is 1.11 bits per heavy atom. The maximum Gasteiger partial charge on any atom is 0.244 e. The zero-order chi connectivity index (χ0) is 20.3. The van der Waals surface area contributed by atoms with Crippen LogP contribution >= 0.6 is 0 Å². The molecule has 3 heterocycles. The molecule has 0 aromatic carbocycles. The van der Waals surface area contributed by atoms with Crippen molar-refractivity contribution in [1.29, 1.82) is 0 Å². The van der Waals surface area contributed by atoms with Crippen LogP contribution in [0, 0.1) is 0 Å². The van der Waals surface area contributed by atoms with Gasteiger partial charge in [-0.1, -0.05) is 19.0 Å². The Kier molecular flexibility index (Phi) is 6.16. The number of hydrogen-bond acceptors (Lipinski definition) is 7. The summed E-state index contributed by atoms with van der Waals surface area (Å²) in [6.45, 7) is 7.65. The van der Waals surface area contributed by atoms with E-state index in [4.69, 9.17) is 4.52 Å². The van der Waals surface area contributed by atoms with Gasteiger partial charge in [0.25, 0.3) is 0 Å². The second-order valence-electron chi connectivity index (χ2n) is 7.85. The smallest absolute Gasteiger partial charge is 0.244 e. The van der Waals surface area contributed by atoms with Gasteiger partial charge >= 0.3 is 0 Å². The molecule has 1 amide bonds. The van der Waals surface area contributed by atoms with Gasteiger partial charge < -0.3 is 19.6 Å². The zero-order valence-corrected chi connectivity index (χ0v) is 17.4. The highest BCUT2D eigenvalue weighted by atomic mass is 16.5. The minimum Gasteiger partial charge on any atom is -0.360 e. The Bertz CT molecular complexity index is 811. The van der Waals surface area contributed by atoms with Crippen LogP contribution in [0.1, 0.15) is 51.7 Å². The molecule has 8 heteroatoms. The van der Waals surface area contributed by atoms with Gasteiger partial charge in [0.1, 0.15) is 23.3 Å². The summed E-state index contributed by atoms with van der Waals surface area (Å²) in [6, 6.07) is 3.35. The van der Waals surface area contributed by atoms with Crippen molar-refractivity contribution in [1.82, 2.24) is 20.0 Å². The Balaban J connectivity index is 1.83. The highest BCUT2D eigenvalue weighted by molar-refractivity contribution is 5.84. The second kappa shape index (κ2) is 8.58. The van der Waals surface area contributed by atoms with E-state index in [2.05, 4.69) is 34.3 Å². The molecular formula is C20H30N6O2. The average Bonchev–Trinajstić information content (AvgIpc) is 3.18. The van der Waals surface area contributed by atoms with E-state index < -0.39 is 0 Å². The Morgan fingerprint density at radius 2 is 1.82 bits per heavy atom. The average molecular weight is 387 g/mol. The topological polar surface area (TPSA) is 87.4 Å². The fourth-order valence-corrected chi connectivity index (χ4v) is 3.19. The van der Waals surface area contributed by atoms with Crippen molar-refractivity contribution < 1.29 is 9.32 Å². The highest BCUT2D eigenvalue weighted by Crippen LogP contribution is 2.25. The second-order valence-corrected chi connectivity index (χ2v) is 7.85. The molecule has 0 unspecified atom stereocenters. The number of rotatable bonds is 6. The highest BCUT2D eigenvalue weighted by Gasteiger charge is 2.23. The summed E-state index contributed by atoms with van der Waals surface area (Å²) in [7, 11) is 3.76. The number of aromatic nitrogens is 3. The minimum atomic E-state index is -0.362. The lowest BCUT2D eigenvalue weighted by Crippen LogP contribution is -2.44. The Hall–Kier alpha value is -2.64. The van der Waals surface area contributed by atoms with Crippen LogP contribution in [0.4, 0.5) is 11.8 Å². The number of carbonyl (C=O) groups is 1. The molecule has 152 valence electrons. The molecule has 8 nitrogen and oxygen atoms in total. The van der Waals surface area contributed by atoms with Crippen LogP contribution < -0.4 is 10.2 Å². The monoisotopic (exact) mass is 386 g/mol. The Labute approximate surface area is 166 Å². The third-order valence-corrected chi connectivity index (χ3v) is 4.88. The van der Waals surface area contributed by atoms with E-state index in [9.17, 15) is 4.79 Å². The third kappa shape index (κ3) is 4.61. The number of carbonyl (C=O) groups excluding carboxylic acids is 1. The van der Waals surface area contributed by atoms with Crippen LogP contribution in [0.5, 0.6) is 0 Å². The van der Waals surface area contributed by atoms with Crippen molar-refractivity contribution in [3.8, 4) is 11.4 Å². The minimum absolute atomic E-state index is 0.106. The van der Waals surface area contributed by atoms with Crippen molar-refractivity contribution in [2.45, 2.75) is 52.0 Å². The van der Waals surface area contributed by atoms with Gasteiger partial charge in [-0.15, -0.1) is 0 Å². The van der Waals surface area contributed by atoms with Crippen LogP contribution in [-0.2, 0) is 4.79 Å². The summed E-state index contributed by atoms with van der Waals surface area (Å²) in [4.78, 5) is 25.6. The molecule has 2 aromatic rings. The van der Waals surface area contributed by atoms with Crippen molar-refractivity contribution in [3.05, 3.63) is 17.9 Å². The first-order chi connectivity index (χ1) is 13.3. The fourth-order valence-electron chi connectivity index (χ4n) is 3.19. The lowest BCUT2D eigenvalue weighted by atomic mass is 10.1. The number of nitrogens with one attached hydrogen (secondary N) is 1. The molecule has 0 radical (unpaired) electrons. The van der Waals surface area contributed by atoms with E-state index in [1.807, 2.05) is 43.0 Å². The van der Waals surface area contributed by atoms with E-state index in [0.29, 0.717) is 23.2 Å². The lowest BCUT2D eigenvalue weighted by Gasteiger charge is -2.29. The number of amides is 1. The van der Waals surface area contributed by atoms with Gasteiger partial charge in [-0.3, -0.25) is 4.79 Å². The lowest BCUT2D eigenvalue weighted by molar-refractivity contribution is -0.132. The predicted octanol–water partition coefficient (Wildman–Crippen LogP) is 3.13. The van der Waals surface area contributed by atoms with Crippen LogP contribution in [0.25, 0.3) is 11.4 Å². The van der Waals surface area contributed by atoms with Gasteiger partial charge in [0.2, 0.25) is 11.9 Å². The summed E-state index contributed by atoms with van der Waals surface area (Å²) < 4.78 is 5.41. The molecule has 0 spiro atoms. The van der Waals surface area contributed by atoms with Gasteiger partial charge in [0.15, 0.2) is 0 Å². The first-order valence-corrected chi connectivity index (χ1v) is 9.94.